The first-order chi connectivity index (χ1) is 9.11. The summed E-state index contributed by atoms with van der Waals surface area (Å²) in [5.74, 6) is -0.150. The van der Waals surface area contributed by atoms with Crippen molar-refractivity contribution in [1.29, 1.82) is 0 Å². The van der Waals surface area contributed by atoms with E-state index in [1.165, 1.54) is 7.11 Å². The highest BCUT2D eigenvalue weighted by atomic mass is 35.5. The van der Waals surface area contributed by atoms with Crippen LogP contribution in [0.2, 0.25) is 5.02 Å². The summed E-state index contributed by atoms with van der Waals surface area (Å²) in [6, 6.07) is 2.09. The molecule has 1 aliphatic rings. The van der Waals surface area contributed by atoms with Crippen LogP contribution in [-0.4, -0.2) is 41.9 Å². The van der Waals surface area contributed by atoms with E-state index >= 15 is 0 Å². The quantitative estimate of drug-likeness (QED) is 0.800. The molecule has 1 fully saturated rings. The van der Waals surface area contributed by atoms with Gasteiger partial charge in [-0.15, -0.1) is 0 Å². The minimum absolute atomic E-state index is 0.150. The molecule has 19 heavy (non-hydrogen) atoms. The Labute approximate surface area is 117 Å². The molecule has 1 heterocycles. The number of aromatic nitrogens is 1. The lowest BCUT2D eigenvalue weighted by atomic mass is 10.2. The normalized spacial score (nSPS) is 16.4. The number of nitrogens with zero attached hydrogens (tertiary/aromatic N) is 1. The summed E-state index contributed by atoms with van der Waals surface area (Å²) in [6.45, 7) is 0.691. The standard InChI is InChI=1S/C13H19ClN2O3/c1-19-8-11(17)4-5-15-13(18)12-6-9(14)7-16(12)10-2-3-10/h6-7,10-11,17H,2-5,8H2,1H3,(H,15,18). The van der Waals surface area contributed by atoms with Crippen molar-refractivity contribution in [2.24, 2.45) is 0 Å². The molecule has 1 amide bonds. The minimum Gasteiger partial charge on any atom is -0.391 e. The minimum atomic E-state index is -0.552. The summed E-state index contributed by atoms with van der Waals surface area (Å²) < 4.78 is 6.76. The number of carbonyl (C=O) groups excluding carboxylic acids is 1. The lowest BCUT2D eigenvalue weighted by Gasteiger charge is -2.11. The van der Waals surface area contributed by atoms with Crippen LogP contribution in [0, 0.1) is 0 Å². The van der Waals surface area contributed by atoms with Gasteiger partial charge >= 0.3 is 0 Å². The molecule has 1 saturated carbocycles. The summed E-state index contributed by atoms with van der Waals surface area (Å²) >= 11 is 5.95. The molecule has 1 unspecified atom stereocenters. The van der Waals surface area contributed by atoms with Crippen molar-refractivity contribution in [1.82, 2.24) is 9.88 Å². The Morgan fingerprint density at radius 2 is 2.42 bits per heavy atom. The molecule has 1 aromatic heterocycles. The van der Waals surface area contributed by atoms with Crippen molar-refractivity contribution in [3.63, 3.8) is 0 Å². The number of hydrogen-bond donors (Lipinski definition) is 2. The number of aliphatic hydroxyl groups excluding tert-OH is 1. The summed E-state index contributed by atoms with van der Waals surface area (Å²) in [6.07, 6.45) is 3.91. The number of rotatable bonds is 7. The van der Waals surface area contributed by atoms with Crippen molar-refractivity contribution in [2.75, 3.05) is 20.3 Å². The largest absolute Gasteiger partial charge is 0.391 e. The molecule has 1 aromatic rings. The van der Waals surface area contributed by atoms with Gasteiger partial charge in [-0.05, 0) is 25.3 Å². The van der Waals surface area contributed by atoms with Crippen LogP contribution < -0.4 is 5.32 Å². The van der Waals surface area contributed by atoms with Crippen molar-refractivity contribution >= 4 is 17.5 Å². The molecule has 2 rings (SSSR count). The van der Waals surface area contributed by atoms with Crippen molar-refractivity contribution in [3.05, 3.63) is 23.0 Å². The molecule has 0 radical (unpaired) electrons. The second-order valence-electron chi connectivity index (χ2n) is 4.84. The predicted molar refractivity (Wildman–Crippen MR) is 72.5 cm³/mol. The zero-order valence-corrected chi connectivity index (χ0v) is 11.7. The van der Waals surface area contributed by atoms with Gasteiger partial charge in [-0.1, -0.05) is 11.6 Å². The van der Waals surface area contributed by atoms with E-state index in [0.717, 1.165) is 12.8 Å². The van der Waals surface area contributed by atoms with E-state index in [9.17, 15) is 9.90 Å². The van der Waals surface area contributed by atoms with E-state index < -0.39 is 6.10 Å². The second-order valence-corrected chi connectivity index (χ2v) is 5.27. The molecule has 0 aromatic carbocycles. The van der Waals surface area contributed by atoms with Crippen molar-refractivity contribution < 1.29 is 14.6 Å². The Morgan fingerprint density at radius 3 is 3.05 bits per heavy atom. The van der Waals surface area contributed by atoms with E-state index in [1.54, 1.807) is 12.3 Å². The van der Waals surface area contributed by atoms with Gasteiger partial charge in [-0.3, -0.25) is 4.79 Å². The molecule has 5 nitrogen and oxygen atoms in total. The van der Waals surface area contributed by atoms with Crippen LogP contribution in [0.25, 0.3) is 0 Å². The maximum Gasteiger partial charge on any atom is 0.267 e. The highest BCUT2D eigenvalue weighted by Crippen LogP contribution is 2.37. The molecule has 1 atom stereocenters. The van der Waals surface area contributed by atoms with Crippen LogP contribution in [0.3, 0.4) is 0 Å². The Hall–Kier alpha value is -1.04. The molecular formula is C13H19ClN2O3. The van der Waals surface area contributed by atoms with E-state index in [0.29, 0.717) is 29.7 Å². The third kappa shape index (κ3) is 3.96. The van der Waals surface area contributed by atoms with Gasteiger partial charge in [0.15, 0.2) is 0 Å². The number of hydrogen-bond acceptors (Lipinski definition) is 3. The molecule has 0 spiro atoms. The number of aliphatic hydroxyl groups is 1. The zero-order chi connectivity index (χ0) is 13.8. The molecule has 1 aliphatic carbocycles. The number of methoxy groups -OCH3 is 1. The molecule has 0 aliphatic heterocycles. The maximum absolute atomic E-state index is 12.0. The Morgan fingerprint density at radius 1 is 1.68 bits per heavy atom. The number of carbonyl (C=O) groups is 1. The fourth-order valence-electron chi connectivity index (χ4n) is 2.00. The van der Waals surface area contributed by atoms with Crippen LogP contribution in [-0.2, 0) is 4.74 Å². The number of amides is 1. The number of nitrogens with one attached hydrogen (secondary N) is 1. The molecule has 0 saturated heterocycles. The average Bonchev–Trinajstić information content (AvgIpc) is 3.12. The molecule has 0 bridgehead atoms. The van der Waals surface area contributed by atoms with Crippen LogP contribution in [0.4, 0.5) is 0 Å². The maximum atomic E-state index is 12.0. The number of halogens is 1. The van der Waals surface area contributed by atoms with Crippen molar-refractivity contribution in [2.45, 2.75) is 31.4 Å². The van der Waals surface area contributed by atoms with Gasteiger partial charge < -0.3 is 19.7 Å². The third-order valence-corrected chi connectivity index (χ3v) is 3.32. The average molecular weight is 287 g/mol. The lowest BCUT2D eigenvalue weighted by molar-refractivity contribution is 0.0587. The highest BCUT2D eigenvalue weighted by Gasteiger charge is 2.27. The van der Waals surface area contributed by atoms with E-state index in [-0.39, 0.29) is 12.5 Å². The first-order valence-corrected chi connectivity index (χ1v) is 6.82. The number of ether oxygens (including phenoxy) is 1. The zero-order valence-electron chi connectivity index (χ0n) is 10.9. The third-order valence-electron chi connectivity index (χ3n) is 3.11. The second kappa shape index (κ2) is 6.41. The molecule has 6 heteroatoms. The van der Waals surface area contributed by atoms with Gasteiger partial charge in [0.2, 0.25) is 0 Å². The van der Waals surface area contributed by atoms with Crippen LogP contribution >= 0.6 is 11.6 Å². The monoisotopic (exact) mass is 286 g/mol. The van der Waals surface area contributed by atoms with Gasteiger partial charge in [0.05, 0.1) is 17.7 Å². The molecule has 2 N–H and O–H groups in total. The lowest BCUT2D eigenvalue weighted by Crippen LogP contribution is -2.29. The fourth-order valence-corrected chi connectivity index (χ4v) is 2.21. The SMILES string of the molecule is COCC(O)CCNC(=O)c1cc(Cl)cn1C1CC1. The molecule has 106 valence electrons. The Kier molecular flexibility index (Phi) is 4.85. The van der Waals surface area contributed by atoms with Gasteiger partial charge in [-0.2, -0.15) is 0 Å². The van der Waals surface area contributed by atoms with Crippen molar-refractivity contribution in [3.8, 4) is 0 Å². The highest BCUT2D eigenvalue weighted by molar-refractivity contribution is 6.31. The summed E-state index contributed by atoms with van der Waals surface area (Å²) in [7, 11) is 1.53. The Balaban J connectivity index is 1.86. The van der Waals surface area contributed by atoms with Crippen LogP contribution in [0.15, 0.2) is 12.3 Å². The fraction of sp³-hybridized carbons (Fsp3) is 0.615. The topological polar surface area (TPSA) is 63.5 Å². The van der Waals surface area contributed by atoms with Gasteiger partial charge in [-0.25, -0.2) is 0 Å². The smallest absolute Gasteiger partial charge is 0.267 e. The van der Waals surface area contributed by atoms with Crippen LogP contribution in [0.5, 0.6) is 0 Å². The first-order valence-electron chi connectivity index (χ1n) is 6.44. The van der Waals surface area contributed by atoms with E-state index in [4.69, 9.17) is 16.3 Å². The first kappa shape index (κ1) is 14.4. The molecular weight excluding hydrogens is 268 g/mol. The van der Waals surface area contributed by atoms with E-state index in [1.807, 2.05) is 4.57 Å². The Bertz CT molecular complexity index is 443. The summed E-state index contributed by atoms with van der Waals surface area (Å²) in [5.41, 5.74) is 0.591. The van der Waals surface area contributed by atoms with E-state index in [2.05, 4.69) is 5.32 Å². The van der Waals surface area contributed by atoms with Gasteiger partial charge in [0.25, 0.3) is 5.91 Å². The van der Waals surface area contributed by atoms with Crippen LogP contribution in [0.1, 0.15) is 35.8 Å². The summed E-state index contributed by atoms with van der Waals surface area (Å²) in [5, 5.41) is 12.9. The van der Waals surface area contributed by atoms with Gasteiger partial charge in [0, 0.05) is 25.9 Å². The van der Waals surface area contributed by atoms with Gasteiger partial charge in [0.1, 0.15) is 5.69 Å². The predicted octanol–water partition coefficient (Wildman–Crippen LogP) is 1.60. The summed E-state index contributed by atoms with van der Waals surface area (Å²) in [4.78, 5) is 12.0.